The van der Waals surface area contributed by atoms with Gasteiger partial charge in [-0.2, -0.15) is 0 Å². The van der Waals surface area contributed by atoms with E-state index in [0.29, 0.717) is 11.6 Å². The van der Waals surface area contributed by atoms with Gasteiger partial charge in [-0.05, 0) is 32.4 Å². The molecule has 2 rings (SSSR count). The van der Waals surface area contributed by atoms with Crippen molar-refractivity contribution in [1.29, 1.82) is 0 Å². The van der Waals surface area contributed by atoms with Crippen LogP contribution in [0.15, 0.2) is 12.5 Å². The average Bonchev–Trinajstić information content (AvgIpc) is 2.76. The molecular weight excluding hydrogens is 216 g/mol. The number of aryl methyl sites for hydroxylation is 1. The number of carbonyl (C=O) groups excluding carboxylic acids is 1. The van der Waals surface area contributed by atoms with E-state index in [1.54, 1.807) is 12.5 Å². The lowest BCUT2D eigenvalue weighted by Gasteiger charge is -2.32. The van der Waals surface area contributed by atoms with Gasteiger partial charge >= 0.3 is 0 Å². The molecule has 1 unspecified atom stereocenters. The topological polar surface area (TPSA) is 50.2 Å². The summed E-state index contributed by atoms with van der Waals surface area (Å²) in [6, 6.07) is 0. The first-order valence-corrected chi connectivity index (χ1v) is 6.12. The van der Waals surface area contributed by atoms with Gasteiger partial charge in [0.15, 0.2) is 0 Å². The van der Waals surface area contributed by atoms with Crippen LogP contribution in [0.4, 0.5) is 0 Å². The fourth-order valence-electron chi connectivity index (χ4n) is 2.39. The molecule has 1 aromatic rings. The van der Waals surface area contributed by atoms with Crippen LogP contribution < -0.4 is 5.32 Å². The number of imidazole rings is 1. The maximum absolute atomic E-state index is 12.2. The predicted molar refractivity (Wildman–Crippen MR) is 65.8 cm³/mol. The first-order chi connectivity index (χ1) is 8.20. The molecule has 1 fully saturated rings. The van der Waals surface area contributed by atoms with Crippen molar-refractivity contribution in [2.75, 3.05) is 26.7 Å². The van der Waals surface area contributed by atoms with Gasteiger partial charge in [-0.25, -0.2) is 4.98 Å². The Hall–Kier alpha value is -1.36. The van der Waals surface area contributed by atoms with Crippen molar-refractivity contribution in [3.05, 3.63) is 18.2 Å². The van der Waals surface area contributed by atoms with Crippen molar-refractivity contribution in [2.45, 2.75) is 12.8 Å². The SMILES string of the molecule is CNCC1CCCN(C(=O)c2cn(C)cn2)C1. The quantitative estimate of drug-likeness (QED) is 0.831. The van der Waals surface area contributed by atoms with Crippen molar-refractivity contribution in [3.63, 3.8) is 0 Å². The van der Waals surface area contributed by atoms with E-state index in [9.17, 15) is 4.79 Å². The summed E-state index contributed by atoms with van der Waals surface area (Å²) < 4.78 is 1.81. The molecule has 1 saturated heterocycles. The monoisotopic (exact) mass is 236 g/mol. The number of rotatable bonds is 3. The zero-order valence-electron chi connectivity index (χ0n) is 10.5. The zero-order valence-corrected chi connectivity index (χ0v) is 10.5. The third kappa shape index (κ3) is 2.85. The Labute approximate surface area is 102 Å². The molecule has 0 aromatic carbocycles. The molecule has 1 atom stereocenters. The van der Waals surface area contributed by atoms with Crippen LogP contribution in [0.2, 0.25) is 0 Å². The molecule has 1 aliphatic rings. The minimum Gasteiger partial charge on any atom is -0.340 e. The lowest BCUT2D eigenvalue weighted by molar-refractivity contribution is 0.0669. The number of amides is 1. The lowest BCUT2D eigenvalue weighted by Crippen LogP contribution is -2.42. The van der Waals surface area contributed by atoms with Crippen molar-refractivity contribution < 1.29 is 4.79 Å². The highest BCUT2D eigenvalue weighted by Crippen LogP contribution is 2.17. The van der Waals surface area contributed by atoms with E-state index >= 15 is 0 Å². The van der Waals surface area contributed by atoms with Gasteiger partial charge in [0.1, 0.15) is 5.69 Å². The maximum Gasteiger partial charge on any atom is 0.274 e. The number of nitrogens with zero attached hydrogens (tertiary/aromatic N) is 3. The van der Waals surface area contributed by atoms with E-state index in [2.05, 4.69) is 10.3 Å². The van der Waals surface area contributed by atoms with Crippen LogP contribution in [0.5, 0.6) is 0 Å². The Morgan fingerprint density at radius 3 is 3.12 bits per heavy atom. The van der Waals surface area contributed by atoms with E-state index in [1.807, 2.05) is 23.6 Å². The van der Waals surface area contributed by atoms with E-state index in [1.165, 1.54) is 6.42 Å². The highest BCUT2D eigenvalue weighted by Gasteiger charge is 2.25. The van der Waals surface area contributed by atoms with Gasteiger partial charge in [0, 0.05) is 26.3 Å². The molecule has 94 valence electrons. The number of carbonyl (C=O) groups is 1. The summed E-state index contributed by atoms with van der Waals surface area (Å²) in [5.41, 5.74) is 0.553. The normalized spacial score (nSPS) is 20.6. The van der Waals surface area contributed by atoms with E-state index in [0.717, 1.165) is 26.1 Å². The zero-order chi connectivity index (χ0) is 12.3. The van der Waals surface area contributed by atoms with Crippen LogP contribution in [0.3, 0.4) is 0 Å². The Morgan fingerprint density at radius 1 is 1.65 bits per heavy atom. The number of aromatic nitrogens is 2. The second-order valence-corrected chi connectivity index (χ2v) is 4.74. The summed E-state index contributed by atoms with van der Waals surface area (Å²) in [6.45, 7) is 2.68. The third-order valence-electron chi connectivity index (χ3n) is 3.22. The molecule has 0 radical (unpaired) electrons. The highest BCUT2D eigenvalue weighted by molar-refractivity contribution is 5.92. The summed E-state index contributed by atoms with van der Waals surface area (Å²) in [7, 11) is 3.84. The minimum atomic E-state index is 0.0615. The molecule has 0 saturated carbocycles. The van der Waals surface area contributed by atoms with Gasteiger partial charge in [0.05, 0.1) is 6.33 Å². The Morgan fingerprint density at radius 2 is 2.47 bits per heavy atom. The fourth-order valence-corrected chi connectivity index (χ4v) is 2.39. The second kappa shape index (κ2) is 5.31. The van der Waals surface area contributed by atoms with Gasteiger partial charge in [-0.15, -0.1) is 0 Å². The molecule has 1 aliphatic heterocycles. The largest absolute Gasteiger partial charge is 0.340 e. The second-order valence-electron chi connectivity index (χ2n) is 4.74. The predicted octanol–water partition coefficient (Wildman–Crippen LogP) is 0.492. The van der Waals surface area contributed by atoms with Crippen LogP contribution in [0.25, 0.3) is 0 Å². The molecular formula is C12H20N4O. The number of hydrogen-bond acceptors (Lipinski definition) is 3. The first-order valence-electron chi connectivity index (χ1n) is 6.12. The summed E-state index contributed by atoms with van der Waals surface area (Å²) >= 11 is 0. The van der Waals surface area contributed by atoms with Crippen LogP contribution in [0, 0.1) is 5.92 Å². The molecule has 2 heterocycles. The number of piperidine rings is 1. The summed E-state index contributed by atoms with van der Waals surface area (Å²) in [5.74, 6) is 0.632. The Balaban J connectivity index is 1.99. The molecule has 1 amide bonds. The minimum absolute atomic E-state index is 0.0615. The van der Waals surface area contributed by atoms with E-state index in [4.69, 9.17) is 0 Å². The molecule has 0 spiro atoms. The Kier molecular flexibility index (Phi) is 3.78. The van der Waals surface area contributed by atoms with Crippen LogP contribution in [0.1, 0.15) is 23.3 Å². The fraction of sp³-hybridized carbons (Fsp3) is 0.667. The van der Waals surface area contributed by atoms with Crippen LogP contribution >= 0.6 is 0 Å². The lowest BCUT2D eigenvalue weighted by atomic mass is 9.98. The number of nitrogens with one attached hydrogen (secondary N) is 1. The molecule has 0 bridgehead atoms. The maximum atomic E-state index is 12.2. The summed E-state index contributed by atoms with van der Waals surface area (Å²) in [6.07, 6.45) is 5.74. The molecule has 17 heavy (non-hydrogen) atoms. The Bertz CT molecular complexity index is 386. The van der Waals surface area contributed by atoms with Gasteiger partial charge in [0.25, 0.3) is 5.91 Å². The molecule has 0 aliphatic carbocycles. The van der Waals surface area contributed by atoms with Crippen molar-refractivity contribution in [3.8, 4) is 0 Å². The molecule has 1 N–H and O–H groups in total. The number of likely N-dealkylation sites (tertiary alicyclic amines) is 1. The van der Waals surface area contributed by atoms with Gasteiger partial charge in [-0.3, -0.25) is 4.79 Å². The molecule has 5 nitrogen and oxygen atoms in total. The number of hydrogen-bond donors (Lipinski definition) is 1. The van der Waals surface area contributed by atoms with Crippen molar-refractivity contribution in [2.24, 2.45) is 13.0 Å². The van der Waals surface area contributed by atoms with Gasteiger partial charge < -0.3 is 14.8 Å². The standard InChI is InChI=1S/C12H20N4O/c1-13-6-10-4-3-5-16(7-10)12(17)11-8-15(2)9-14-11/h8-10,13H,3-7H2,1-2H3. The van der Waals surface area contributed by atoms with E-state index in [-0.39, 0.29) is 5.91 Å². The molecule has 1 aromatic heterocycles. The summed E-state index contributed by atoms with van der Waals surface area (Å²) in [5, 5.41) is 3.18. The van der Waals surface area contributed by atoms with Crippen molar-refractivity contribution in [1.82, 2.24) is 19.8 Å². The smallest absolute Gasteiger partial charge is 0.274 e. The third-order valence-corrected chi connectivity index (χ3v) is 3.22. The van der Waals surface area contributed by atoms with Crippen LogP contribution in [-0.4, -0.2) is 47.0 Å². The summed E-state index contributed by atoms with van der Waals surface area (Å²) in [4.78, 5) is 18.2. The van der Waals surface area contributed by atoms with Gasteiger partial charge in [-0.1, -0.05) is 0 Å². The van der Waals surface area contributed by atoms with Crippen LogP contribution in [-0.2, 0) is 7.05 Å². The highest BCUT2D eigenvalue weighted by atomic mass is 16.2. The van der Waals surface area contributed by atoms with E-state index < -0.39 is 0 Å². The molecule has 5 heteroatoms. The van der Waals surface area contributed by atoms with Crippen molar-refractivity contribution >= 4 is 5.91 Å². The average molecular weight is 236 g/mol. The first kappa shape index (κ1) is 12.1. The van der Waals surface area contributed by atoms with Gasteiger partial charge in [0.2, 0.25) is 0 Å².